The van der Waals surface area contributed by atoms with E-state index in [0.29, 0.717) is 24.0 Å². The van der Waals surface area contributed by atoms with Crippen molar-refractivity contribution in [3.05, 3.63) is 40.2 Å². The van der Waals surface area contributed by atoms with E-state index < -0.39 is 0 Å². The number of carbonyl (C=O) groups excluding carboxylic acids is 1. The number of nitrogens with one attached hydrogen (secondary N) is 1. The van der Waals surface area contributed by atoms with Crippen LogP contribution in [0.5, 0.6) is 0 Å². The molecule has 2 aliphatic heterocycles. The molecule has 1 unspecified atom stereocenters. The Morgan fingerprint density at radius 3 is 2.63 bits per heavy atom. The Bertz CT molecular complexity index is 893. The van der Waals surface area contributed by atoms with Crippen molar-refractivity contribution in [1.82, 2.24) is 20.0 Å². The number of hydrogen-bond donors (Lipinski definition) is 1. The number of hydrogen-bond acceptors (Lipinski definition) is 4. The lowest BCUT2D eigenvalue weighted by Gasteiger charge is -2.36. The van der Waals surface area contributed by atoms with Crippen LogP contribution in [0.25, 0.3) is 10.9 Å². The van der Waals surface area contributed by atoms with Crippen LogP contribution in [0.1, 0.15) is 55.9 Å². The van der Waals surface area contributed by atoms with Gasteiger partial charge >= 0.3 is 0 Å². The van der Waals surface area contributed by atoms with E-state index in [1.807, 2.05) is 22.9 Å². The molecule has 0 spiro atoms. The summed E-state index contributed by atoms with van der Waals surface area (Å²) in [7, 11) is 2.18. The van der Waals surface area contributed by atoms with E-state index in [0.717, 1.165) is 31.2 Å². The van der Waals surface area contributed by atoms with Crippen molar-refractivity contribution in [3.63, 3.8) is 0 Å². The van der Waals surface area contributed by atoms with E-state index >= 15 is 0 Å². The maximum absolute atomic E-state index is 12.9. The predicted molar refractivity (Wildman–Crippen MR) is 106 cm³/mol. The number of amides is 1. The van der Waals surface area contributed by atoms with E-state index in [1.165, 1.54) is 12.8 Å². The summed E-state index contributed by atoms with van der Waals surface area (Å²) in [6.45, 7) is 2.82. The van der Waals surface area contributed by atoms with Gasteiger partial charge in [0.05, 0.1) is 5.52 Å². The Morgan fingerprint density at radius 1 is 1.22 bits per heavy atom. The molecule has 1 aromatic heterocycles. The van der Waals surface area contributed by atoms with Crippen LogP contribution in [0, 0.1) is 0 Å². The van der Waals surface area contributed by atoms with Gasteiger partial charge in [0.15, 0.2) is 5.69 Å². The average Bonchev–Trinajstić information content (AvgIpc) is 2.88. The topological polar surface area (TPSA) is 67.2 Å². The van der Waals surface area contributed by atoms with Crippen molar-refractivity contribution in [2.45, 2.75) is 70.1 Å². The van der Waals surface area contributed by atoms with Crippen LogP contribution in [0.3, 0.4) is 0 Å². The molecule has 3 atom stereocenters. The van der Waals surface area contributed by atoms with Gasteiger partial charge in [-0.05, 0) is 51.3 Å². The smallest absolute Gasteiger partial charge is 0.276 e. The fourth-order valence-electron chi connectivity index (χ4n) is 4.65. The third-order valence-corrected chi connectivity index (χ3v) is 6.23. The van der Waals surface area contributed by atoms with Gasteiger partial charge in [-0.2, -0.15) is 5.10 Å². The number of unbranched alkanes of at least 4 members (excludes halogenated alkanes) is 1. The Morgan fingerprint density at radius 2 is 1.93 bits per heavy atom. The van der Waals surface area contributed by atoms with Gasteiger partial charge in [-0.15, -0.1) is 0 Å². The van der Waals surface area contributed by atoms with Crippen LogP contribution in [0.2, 0.25) is 0 Å². The molecule has 0 saturated carbocycles. The van der Waals surface area contributed by atoms with Crippen LogP contribution < -0.4 is 10.7 Å². The zero-order valence-corrected chi connectivity index (χ0v) is 16.1. The normalized spacial score (nSPS) is 25.0. The molecule has 27 heavy (non-hydrogen) atoms. The van der Waals surface area contributed by atoms with Gasteiger partial charge in [0.25, 0.3) is 5.91 Å². The quantitative estimate of drug-likeness (QED) is 0.881. The van der Waals surface area contributed by atoms with Crippen molar-refractivity contribution in [3.8, 4) is 0 Å². The van der Waals surface area contributed by atoms with Crippen molar-refractivity contribution >= 4 is 16.8 Å². The summed E-state index contributed by atoms with van der Waals surface area (Å²) in [6, 6.07) is 8.64. The van der Waals surface area contributed by atoms with Gasteiger partial charge in [0, 0.05) is 30.1 Å². The van der Waals surface area contributed by atoms with Crippen molar-refractivity contribution in [1.29, 1.82) is 0 Å². The summed E-state index contributed by atoms with van der Waals surface area (Å²) >= 11 is 0. The molecule has 2 aromatic rings. The largest absolute Gasteiger partial charge is 0.348 e. The lowest BCUT2D eigenvalue weighted by Crippen LogP contribution is -2.49. The summed E-state index contributed by atoms with van der Waals surface area (Å²) in [5, 5.41) is 8.12. The molecule has 144 valence electrons. The van der Waals surface area contributed by atoms with Gasteiger partial charge in [-0.3, -0.25) is 14.3 Å². The monoisotopic (exact) mass is 368 g/mol. The zero-order chi connectivity index (χ0) is 19.0. The molecule has 4 rings (SSSR count). The SMILES string of the molecule is CCCCn1nc(C(=O)NC2C[C@H]3CC[C@@H](C2)N3C)c(=O)c2ccccc21. The third kappa shape index (κ3) is 3.38. The molecule has 1 aromatic carbocycles. The highest BCUT2D eigenvalue weighted by molar-refractivity contribution is 5.95. The first kappa shape index (κ1) is 18.2. The highest BCUT2D eigenvalue weighted by Gasteiger charge is 2.39. The molecule has 2 saturated heterocycles. The molecular formula is C21H28N4O2. The number of carbonyl (C=O) groups is 1. The van der Waals surface area contributed by atoms with Crippen molar-refractivity contribution in [2.24, 2.45) is 0 Å². The van der Waals surface area contributed by atoms with E-state index in [1.54, 1.807) is 6.07 Å². The molecule has 6 nitrogen and oxygen atoms in total. The van der Waals surface area contributed by atoms with Crippen LogP contribution in [-0.4, -0.2) is 45.8 Å². The minimum atomic E-state index is -0.329. The second-order valence-corrected chi connectivity index (χ2v) is 7.96. The van der Waals surface area contributed by atoms with E-state index in [2.05, 4.69) is 29.3 Å². The number of benzene rings is 1. The minimum absolute atomic E-state index is 0.0241. The highest BCUT2D eigenvalue weighted by Crippen LogP contribution is 2.34. The first-order chi connectivity index (χ1) is 13.1. The number of fused-ring (bicyclic) bond motifs is 3. The standard InChI is InChI=1S/C21H28N4O2/c1-3-4-11-25-18-8-6-5-7-17(18)20(26)19(23-25)21(27)22-14-12-15-9-10-16(13-14)24(15)2/h5-8,14-16H,3-4,9-13H2,1-2H3,(H,22,27)/t14?,15-,16+. The Hall–Kier alpha value is -2.21. The Labute approximate surface area is 159 Å². The Balaban J connectivity index is 1.61. The molecule has 1 amide bonds. The number of aromatic nitrogens is 2. The molecule has 2 fully saturated rings. The van der Waals surface area contributed by atoms with Gasteiger partial charge in [-0.1, -0.05) is 25.5 Å². The first-order valence-electron chi connectivity index (χ1n) is 10.1. The molecule has 2 bridgehead atoms. The van der Waals surface area contributed by atoms with Gasteiger partial charge in [-0.25, -0.2) is 0 Å². The lowest BCUT2D eigenvalue weighted by molar-refractivity contribution is 0.0874. The molecule has 2 aliphatic rings. The van der Waals surface area contributed by atoms with E-state index in [9.17, 15) is 9.59 Å². The molecule has 0 aliphatic carbocycles. The highest BCUT2D eigenvalue weighted by atomic mass is 16.2. The fourth-order valence-corrected chi connectivity index (χ4v) is 4.65. The second-order valence-electron chi connectivity index (χ2n) is 7.96. The summed E-state index contributed by atoms with van der Waals surface area (Å²) in [5.41, 5.74) is 0.549. The number of aryl methyl sites for hydroxylation is 1. The van der Waals surface area contributed by atoms with Crippen molar-refractivity contribution in [2.75, 3.05) is 7.05 Å². The van der Waals surface area contributed by atoms with Gasteiger partial charge < -0.3 is 10.2 Å². The van der Waals surface area contributed by atoms with Crippen LogP contribution in [-0.2, 0) is 6.54 Å². The summed E-state index contributed by atoms with van der Waals surface area (Å²) in [4.78, 5) is 28.2. The summed E-state index contributed by atoms with van der Waals surface area (Å²) in [6.07, 6.45) is 6.30. The second kappa shape index (κ2) is 7.43. The van der Waals surface area contributed by atoms with Crippen LogP contribution in [0.15, 0.2) is 29.1 Å². The maximum Gasteiger partial charge on any atom is 0.276 e. The summed E-state index contributed by atoms with van der Waals surface area (Å²) < 4.78 is 1.81. The third-order valence-electron chi connectivity index (χ3n) is 6.23. The van der Waals surface area contributed by atoms with E-state index in [-0.39, 0.29) is 23.1 Å². The zero-order valence-electron chi connectivity index (χ0n) is 16.1. The van der Waals surface area contributed by atoms with Crippen molar-refractivity contribution < 1.29 is 4.79 Å². The molecular weight excluding hydrogens is 340 g/mol. The summed E-state index contributed by atoms with van der Waals surface area (Å²) in [5.74, 6) is -0.329. The van der Waals surface area contributed by atoms with E-state index in [4.69, 9.17) is 0 Å². The Kier molecular flexibility index (Phi) is 5.00. The number of piperidine rings is 1. The van der Waals surface area contributed by atoms with Gasteiger partial charge in [0.1, 0.15) is 0 Å². The van der Waals surface area contributed by atoms with Crippen LogP contribution >= 0.6 is 0 Å². The number of nitrogens with zero attached hydrogens (tertiary/aromatic N) is 3. The van der Waals surface area contributed by atoms with Crippen LogP contribution in [0.4, 0.5) is 0 Å². The average molecular weight is 368 g/mol. The molecule has 1 N–H and O–H groups in total. The van der Waals surface area contributed by atoms with Gasteiger partial charge in [0.2, 0.25) is 5.43 Å². The maximum atomic E-state index is 12.9. The fraction of sp³-hybridized carbons (Fsp3) is 0.571. The first-order valence-corrected chi connectivity index (χ1v) is 10.1. The minimum Gasteiger partial charge on any atom is -0.348 e. The molecule has 0 radical (unpaired) electrons. The molecule has 6 heteroatoms. The lowest BCUT2D eigenvalue weighted by atomic mass is 9.98. The number of para-hydroxylation sites is 1. The predicted octanol–water partition coefficient (Wildman–Crippen LogP) is 2.55. The number of rotatable bonds is 5. The molecule has 3 heterocycles.